The molecule has 1 aromatic heterocycles. The highest BCUT2D eigenvalue weighted by Gasteiger charge is 2.18. The van der Waals surface area contributed by atoms with Crippen molar-refractivity contribution in [2.24, 2.45) is 0 Å². The molecule has 1 amide bonds. The summed E-state index contributed by atoms with van der Waals surface area (Å²) in [4.78, 5) is 24.9. The van der Waals surface area contributed by atoms with Gasteiger partial charge in [-0.3, -0.25) is 4.79 Å². The van der Waals surface area contributed by atoms with E-state index in [1.54, 1.807) is 31.4 Å². The lowest BCUT2D eigenvalue weighted by molar-refractivity contribution is 0.0505. The fourth-order valence-corrected chi connectivity index (χ4v) is 3.86. The average molecular weight is 404 g/mol. The van der Waals surface area contributed by atoms with Crippen LogP contribution in [-0.2, 0) is 4.74 Å². The van der Waals surface area contributed by atoms with Crippen LogP contribution in [0.5, 0.6) is 5.75 Å². The van der Waals surface area contributed by atoms with Gasteiger partial charge in [0.2, 0.25) is 0 Å². The summed E-state index contributed by atoms with van der Waals surface area (Å²) in [5, 5.41) is 3.97. The first-order chi connectivity index (χ1) is 13.0. The molecule has 0 saturated carbocycles. The summed E-state index contributed by atoms with van der Waals surface area (Å²) in [5.41, 5.74) is 1.01. The fourth-order valence-electron chi connectivity index (χ4n) is 2.48. The van der Waals surface area contributed by atoms with Gasteiger partial charge in [0.15, 0.2) is 0 Å². The van der Waals surface area contributed by atoms with Crippen molar-refractivity contribution in [2.45, 2.75) is 13.3 Å². The van der Waals surface area contributed by atoms with E-state index in [0.29, 0.717) is 33.5 Å². The molecule has 2 aromatic carbocycles. The van der Waals surface area contributed by atoms with Gasteiger partial charge in [0.05, 0.1) is 24.3 Å². The van der Waals surface area contributed by atoms with Gasteiger partial charge in [-0.15, -0.1) is 11.3 Å². The summed E-state index contributed by atoms with van der Waals surface area (Å²) >= 11 is 7.71. The Labute approximate surface area is 165 Å². The summed E-state index contributed by atoms with van der Waals surface area (Å²) in [6.45, 7) is 2.31. The van der Waals surface area contributed by atoms with Crippen LogP contribution in [-0.4, -0.2) is 25.6 Å². The number of anilines is 1. The maximum atomic E-state index is 12.6. The van der Waals surface area contributed by atoms with Gasteiger partial charge in [0, 0.05) is 15.8 Å². The molecule has 1 N–H and O–H groups in total. The number of carbonyl (C=O) groups excluding carboxylic acids is 2. The molecule has 3 rings (SSSR count). The number of halogens is 1. The Hall–Kier alpha value is -2.57. The van der Waals surface area contributed by atoms with E-state index in [4.69, 9.17) is 21.1 Å². The number of hydrogen-bond acceptors (Lipinski definition) is 5. The zero-order valence-electron chi connectivity index (χ0n) is 14.9. The molecular weight excluding hydrogens is 386 g/mol. The quantitative estimate of drug-likeness (QED) is 0.561. The Bertz CT molecular complexity index is 982. The number of carbonyl (C=O) groups is 2. The molecule has 3 aromatic rings. The number of esters is 1. The fraction of sp³-hybridized carbons (Fsp3) is 0.200. The zero-order valence-corrected chi connectivity index (χ0v) is 16.4. The maximum Gasteiger partial charge on any atom is 0.338 e. The number of benzene rings is 2. The summed E-state index contributed by atoms with van der Waals surface area (Å²) < 4.78 is 11.2. The minimum absolute atomic E-state index is 0.304. The third kappa shape index (κ3) is 4.23. The second kappa shape index (κ2) is 8.41. The van der Waals surface area contributed by atoms with Crippen molar-refractivity contribution in [1.29, 1.82) is 0 Å². The molecule has 0 fully saturated rings. The van der Waals surface area contributed by atoms with Crippen LogP contribution in [0.1, 0.15) is 33.4 Å². The Morgan fingerprint density at radius 3 is 2.56 bits per heavy atom. The van der Waals surface area contributed by atoms with Crippen LogP contribution in [0.3, 0.4) is 0 Å². The van der Waals surface area contributed by atoms with Crippen molar-refractivity contribution < 1.29 is 19.1 Å². The van der Waals surface area contributed by atoms with Gasteiger partial charge in [-0.2, -0.15) is 0 Å². The lowest BCUT2D eigenvalue weighted by atomic mass is 10.2. The van der Waals surface area contributed by atoms with Gasteiger partial charge in [-0.25, -0.2) is 4.79 Å². The molecular formula is C20H18ClNO4S. The van der Waals surface area contributed by atoms with Crippen LogP contribution in [0.15, 0.2) is 42.5 Å². The first-order valence-electron chi connectivity index (χ1n) is 8.38. The highest BCUT2D eigenvalue weighted by molar-refractivity contribution is 7.21. The standard InChI is InChI=1S/C20H18ClNO4S/c1-3-10-26-20(24)12-4-6-13(7-5-12)22-19(23)18-17(21)15-11-14(25-2)8-9-16(15)27-18/h4-9,11H,3,10H2,1-2H3,(H,22,23). The average Bonchev–Trinajstić information content (AvgIpc) is 3.02. The van der Waals surface area contributed by atoms with Crippen LogP contribution < -0.4 is 10.1 Å². The summed E-state index contributed by atoms with van der Waals surface area (Å²) in [6, 6.07) is 12.1. The van der Waals surface area contributed by atoms with Gasteiger partial charge in [-0.05, 0) is 48.9 Å². The van der Waals surface area contributed by atoms with E-state index in [1.165, 1.54) is 11.3 Å². The van der Waals surface area contributed by atoms with E-state index in [-0.39, 0.29) is 11.9 Å². The van der Waals surface area contributed by atoms with Crippen LogP contribution in [0.4, 0.5) is 5.69 Å². The van der Waals surface area contributed by atoms with Gasteiger partial charge in [-0.1, -0.05) is 18.5 Å². The van der Waals surface area contributed by atoms with E-state index < -0.39 is 0 Å². The third-order valence-corrected chi connectivity index (χ3v) is 5.53. The second-order valence-electron chi connectivity index (χ2n) is 5.77. The van der Waals surface area contributed by atoms with Crippen LogP contribution >= 0.6 is 22.9 Å². The van der Waals surface area contributed by atoms with E-state index in [9.17, 15) is 9.59 Å². The smallest absolute Gasteiger partial charge is 0.338 e. The van der Waals surface area contributed by atoms with Crippen LogP contribution in [0, 0.1) is 0 Å². The molecule has 1 heterocycles. The van der Waals surface area contributed by atoms with E-state index in [1.807, 2.05) is 25.1 Å². The number of fused-ring (bicyclic) bond motifs is 1. The van der Waals surface area contributed by atoms with Crippen LogP contribution in [0.2, 0.25) is 5.02 Å². The van der Waals surface area contributed by atoms with Crippen molar-refractivity contribution >= 4 is 50.6 Å². The normalized spacial score (nSPS) is 10.6. The molecule has 0 unspecified atom stereocenters. The molecule has 0 aliphatic carbocycles. The Kier molecular flexibility index (Phi) is 5.98. The van der Waals surface area contributed by atoms with Gasteiger partial charge >= 0.3 is 5.97 Å². The monoisotopic (exact) mass is 403 g/mol. The largest absolute Gasteiger partial charge is 0.497 e. The predicted octanol–water partition coefficient (Wildman–Crippen LogP) is 5.38. The van der Waals surface area contributed by atoms with E-state index in [2.05, 4.69) is 5.32 Å². The zero-order chi connectivity index (χ0) is 19.4. The van der Waals surface area contributed by atoms with E-state index >= 15 is 0 Å². The molecule has 140 valence electrons. The molecule has 7 heteroatoms. The minimum Gasteiger partial charge on any atom is -0.497 e. The molecule has 0 atom stereocenters. The van der Waals surface area contributed by atoms with Crippen molar-refractivity contribution in [3.63, 3.8) is 0 Å². The van der Waals surface area contributed by atoms with Crippen molar-refractivity contribution in [1.82, 2.24) is 0 Å². The third-order valence-electron chi connectivity index (χ3n) is 3.86. The number of thiophene rings is 1. The predicted molar refractivity (Wildman–Crippen MR) is 108 cm³/mol. The molecule has 27 heavy (non-hydrogen) atoms. The Morgan fingerprint density at radius 1 is 1.15 bits per heavy atom. The molecule has 5 nitrogen and oxygen atoms in total. The first kappa shape index (κ1) is 19.2. The number of methoxy groups -OCH3 is 1. The number of ether oxygens (including phenoxy) is 2. The molecule has 0 saturated heterocycles. The highest BCUT2D eigenvalue weighted by atomic mass is 35.5. The van der Waals surface area contributed by atoms with Crippen molar-refractivity contribution in [3.05, 3.63) is 57.9 Å². The van der Waals surface area contributed by atoms with Gasteiger partial charge < -0.3 is 14.8 Å². The van der Waals surface area contributed by atoms with Crippen molar-refractivity contribution in [3.8, 4) is 5.75 Å². The van der Waals surface area contributed by atoms with Gasteiger partial charge in [0.1, 0.15) is 10.6 Å². The molecule has 0 aliphatic heterocycles. The Balaban J connectivity index is 1.76. The summed E-state index contributed by atoms with van der Waals surface area (Å²) in [6.07, 6.45) is 0.766. The second-order valence-corrected chi connectivity index (χ2v) is 7.20. The summed E-state index contributed by atoms with van der Waals surface area (Å²) in [5.74, 6) is -0.00240. The first-order valence-corrected chi connectivity index (χ1v) is 9.57. The molecule has 0 bridgehead atoms. The number of amides is 1. The molecule has 0 radical (unpaired) electrons. The van der Waals surface area contributed by atoms with Crippen molar-refractivity contribution in [2.75, 3.05) is 19.0 Å². The van der Waals surface area contributed by atoms with E-state index in [0.717, 1.165) is 16.5 Å². The van der Waals surface area contributed by atoms with Crippen LogP contribution in [0.25, 0.3) is 10.1 Å². The number of nitrogens with one attached hydrogen (secondary N) is 1. The highest BCUT2D eigenvalue weighted by Crippen LogP contribution is 2.37. The molecule has 0 spiro atoms. The SMILES string of the molecule is CCCOC(=O)c1ccc(NC(=O)c2sc3ccc(OC)cc3c2Cl)cc1. The molecule has 0 aliphatic rings. The van der Waals surface area contributed by atoms with Gasteiger partial charge in [0.25, 0.3) is 5.91 Å². The number of rotatable bonds is 6. The summed E-state index contributed by atoms with van der Waals surface area (Å²) in [7, 11) is 1.58. The number of hydrogen-bond donors (Lipinski definition) is 1. The maximum absolute atomic E-state index is 12.6. The lowest BCUT2D eigenvalue weighted by Gasteiger charge is -2.06. The topological polar surface area (TPSA) is 64.6 Å². The minimum atomic E-state index is -0.378. The Morgan fingerprint density at radius 2 is 1.89 bits per heavy atom. The lowest BCUT2D eigenvalue weighted by Crippen LogP contribution is -2.11.